The standard InChI is InChI=1S/C10H11NOS/c1-2-13-8-3-4-9-7(5-8)6-11-10(9)12/h3-5H,2,6H2,1H3,(H,11,12). The van der Waals surface area contributed by atoms with Crippen LogP contribution in [0.2, 0.25) is 0 Å². The van der Waals surface area contributed by atoms with Gasteiger partial charge in [0, 0.05) is 17.0 Å². The van der Waals surface area contributed by atoms with Crippen LogP contribution in [0, 0.1) is 0 Å². The molecular formula is C10H11NOS. The molecular weight excluding hydrogens is 182 g/mol. The quantitative estimate of drug-likeness (QED) is 0.728. The molecule has 0 saturated heterocycles. The van der Waals surface area contributed by atoms with Gasteiger partial charge in [-0.15, -0.1) is 11.8 Å². The summed E-state index contributed by atoms with van der Waals surface area (Å²) in [5.41, 5.74) is 1.96. The zero-order valence-corrected chi connectivity index (χ0v) is 8.28. The molecule has 3 heteroatoms. The number of hydrogen-bond acceptors (Lipinski definition) is 2. The molecule has 0 spiro atoms. The second-order valence-corrected chi connectivity index (χ2v) is 4.27. The molecule has 1 amide bonds. The highest BCUT2D eigenvalue weighted by Crippen LogP contribution is 2.23. The molecule has 68 valence electrons. The molecule has 2 rings (SSSR count). The van der Waals surface area contributed by atoms with Crippen molar-refractivity contribution in [2.45, 2.75) is 18.4 Å². The molecule has 0 bridgehead atoms. The van der Waals surface area contributed by atoms with E-state index in [1.807, 2.05) is 12.1 Å². The Hall–Kier alpha value is -0.960. The first-order valence-electron chi connectivity index (χ1n) is 4.35. The van der Waals surface area contributed by atoms with Crippen molar-refractivity contribution in [2.75, 3.05) is 5.75 Å². The second kappa shape index (κ2) is 3.42. The Kier molecular flexibility index (Phi) is 2.27. The molecule has 1 aliphatic heterocycles. The third-order valence-corrected chi connectivity index (χ3v) is 2.95. The third kappa shape index (κ3) is 1.56. The van der Waals surface area contributed by atoms with Crippen molar-refractivity contribution >= 4 is 17.7 Å². The average Bonchev–Trinajstić information content (AvgIpc) is 2.48. The number of thioether (sulfide) groups is 1. The number of fused-ring (bicyclic) bond motifs is 1. The summed E-state index contributed by atoms with van der Waals surface area (Å²) in [5.74, 6) is 1.13. The van der Waals surface area contributed by atoms with E-state index in [1.54, 1.807) is 11.8 Å². The van der Waals surface area contributed by atoms with Gasteiger partial charge in [0.15, 0.2) is 0 Å². The van der Waals surface area contributed by atoms with Crippen LogP contribution in [-0.4, -0.2) is 11.7 Å². The Balaban J connectivity index is 2.34. The first-order valence-corrected chi connectivity index (χ1v) is 5.33. The lowest BCUT2D eigenvalue weighted by atomic mass is 10.1. The van der Waals surface area contributed by atoms with E-state index in [4.69, 9.17) is 0 Å². The van der Waals surface area contributed by atoms with Crippen molar-refractivity contribution in [3.63, 3.8) is 0 Å². The molecule has 0 aliphatic carbocycles. The Bertz CT molecular complexity index is 349. The van der Waals surface area contributed by atoms with Crippen LogP contribution in [0.3, 0.4) is 0 Å². The summed E-state index contributed by atoms with van der Waals surface area (Å²) in [6, 6.07) is 6.02. The molecule has 0 saturated carbocycles. The minimum absolute atomic E-state index is 0.0584. The number of benzene rings is 1. The average molecular weight is 193 g/mol. The van der Waals surface area contributed by atoms with Gasteiger partial charge in [-0.2, -0.15) is 0 Å². The predicted octanol–water partition coefficient (Wildman–Crippen LogP) is 2.04. The lowest BCUT2D eigenvalue weighted by Gasteiger charge is -2.00. The highest BCUT2D eigenvalue weighted by Gasteiger charge is 2.18. The van der Waals surface area contributed by atoms with Crippen molar-refractivity contribution < 1.29 is 4.79 Å². The van der Waals surface area contributed by atoms with Gasteiger partial charge in [0.05, 0.1) is 0 Å². The monoisotopic (exact) mass is 193 g/mol. The topological polar surface area (TPSA) is 29.1 Å². The van der Waals surface area contributed by atoms with Gasteiger partial charge in [0.2, 0.25) is 0 Å². The molecule has 1 aliphatic rings. The first kappa shape index (κ1) is 8.63. The van der Waals surface area contributed by atoms with E-state index in [9.17, 15) is 4.79 Å². The van der Waals surface area contributed by atoms with E-state index in [0.29, 0.717) is 6.54 Å². The number of amides is 1. The zero-order valence-electron chi connectivity index (χ0n) is 7.46. The van der Waals surface area contributed by atoms with E-state index in [2.05, 4.69) is 18.3 Å². The van der Waals surface area contributed by atoms with Crippen LogP contribution in [-0.2, 0) is 6.54 Å². The van der Waals surface area contributed by atoms with Crippen molar-refractivity contribution in [1.82, 2.24) is 5.32 Å². The number of nitrogens with one attached hydrogen (secondary N) is 1. The highest BCUT2D eigenvalue weighted by molar-refractivity contribution is 7.99. The summed E-state index contributed by atoms with van der Waals surface area (Å²) in [4.78, 5) is 12.5. The summed E-state index contributed by atoms with van der Waals surface area (Å²) >= 11 is 1.80. The van der Waals surface area contributed by atoms with Crippen LogP contribution in [0.1, 0.15) is 22.8 Å². The van der Waals surface area contributed by atoms with E-state index < -0.39 is 0 Å². The summed E-state index contributed by atoms with van der Waals surface area (Å²) in [5, 5.41) is 2.81. The lowest BCUT2D eigenvalue weighted by Crippen LogP contribution is -2.12. The van der Waals surface area contributed by atoms with Crippen LogP contribution in [0.5, 0.6) is 0 Å². The molecule has 0 fully saturated rings. The van der Waals surface area contributed by atoms with Gasteiger partial charge in [-0.05, 0) is 29.5 Å². The van der Waals surface area contributed by atoms with E-state index in [1.165, 1.54) is 4.90 Å². The van der Waals surface area contributed by atoms with Crippen molar-refractivity contribution in [3.8, 4) is 0 Å². The van der Waals surface area contributed by atoms with Gasteiger partial charge in [0.1, 0.15) is 0 Å². The Morgan fingerprint density at radius 1 is 1.54 bits per heavy atom. The van der Waals surface area contributed by atoms with Crippen molar-refractivity contribution in [3.05, 3.63) is 29.3 Å². The number of rotatable bonds is 2. The van der Waals surface area contributed by atoms with Gasteiger partial charge in [-0.3, -0.25) is 4.79 Å². The fourth-order valence-corrected chi connectivity index (χ4v) is 2.19. The van der Waals surface area contributed by atoms with Crippen molar-refractivity contribution in [1.29, 1.82) is 0 Å². The Morgan fingerprint density at radius 2 is 2.38 bits per heavy atom. The number of carbonyl (C=O) groups excluding carboxylic acids is 1. The fourth-order valence-electron chi connectivity index (χ4n) is 1.47. The van der Waals surface area contributed by atoms with Crippen LogP contribution in [0.25, 0.3) is 0 Å². The first-order chi connectivity index (χ1) is 6.31. The molecule has 0 aromatic heterocycles. The maximum Gasteiger partial charge on any atom is 0.251 e. The maximum absolute atomic E-state index is 11.2. The Labute approximate surface area is 81.7 Å². The van der Waals surface area contributed by atoms with Crippen molar-refractivity contribution in [2.24, 2.45) is 0 Å². The molecule has 0 radical (unpaired) electrons. The molecule has 1 heterocycles. The summed E-state index contributed by atoms with van der Waals surface area (Å²) in [6.45, 7) is 2.81. The third-order valence-electron chi connectivity index (χ3n) is 2.07. The van der Waals surface area contributed by atoms with Gasteiger partial charge < -0.3 is 5.32 Å². The largest absolute Gasteiger partial charge is 0.348 e. The number of hydrogen-bond donors (Lipinski definition) is 1. The zero-order chi connectivity index (χ0) is 9.26. The molecule has 2 nitrogen and oxygen atoms in total. The van der Waals surface area contributed by atoms with Crippen LogP contribution >= 0.6 is 11.8 Å². The summed E-state index contributed by atoms with van der Waals surface area (Å²) < 4.78 is 0. The lowest BCUT2D eigenvalue weighted by molar-refractivity contribution is 0.0966. The minimum Gasteiger partial charge on any atom is -0.348 e. The smallest absolute Gasteiger partial charge is 0.251 e. The van der Waals surface area contributed by atoms with Gasteiger partial charge in [0.25, 0.3) is 5.91 Å². The maximum atomic E-state index is 11.2. The van der Waals surface area contributed by atoms with Gasteiger partial charge in [-0.25, -0.2) is 0 Å². The summed E-state index contributed by atoms with van der Waals surface area (Å²) in [7, 11) is 0. The van der Waals surface area contributed by atoms with E-state index in [-0.39, 0.29) is 5.91 Å². The van der Waals surface area contributed by atoms with E-state index >= 15 is 0 Å². The molecule has 0 atom stereocenters. The molecule has 1 N–H and O–H groups in total. The molecule has 1 aromatic carbocycles. The summed E-state index contributed by atoms with van der Waals surface area (Å²) in [6.07, 6.45) is 0. The molecule has 13 heavy (non-hydrogen) atoms. The van der Waals surface area contributed by atoms with E-state index in [0.717, 1.165) is 16.9 Å². The fraction of sp³-hybridized carbons (Fsp3) is 0.300. The van der Waals surface area contributed by atoms with Crippen LogP contribution in [0.4, 0.5) is 0 Å². The predicted molar refractivity (Wildman–Crippen MR) is 54.0 cm³/mol. The number of carbonyl (C=O) groups is 1. The Morgan fingerprint density at radius 3 is 3.15 bits per heavy atom. The van der Waals surface area contributed by atoms with Gasteiger partial charge >= 0.3 is 0 Å². The highest BCUT2D eigenvalue weighted by atomic mass is 32.2. The minimum atomic E-state index is 0.0584. The normalized spacial score (nSPS) is 14.1. The second-order valence-electron chi connectivity index (χ2n) is 2.93. The SMILES string of the molecule is CCSc1ccc2c(c1)CNC2=O. The van der Waals surface area contributed by atoms with Gasteiger partial charge in [-0.1, -0.05) is 6.92 Å². The molecule has 1 aromatic rings. The van der Waals surface area contributed by atoms with Crippen LogP contribution < -0.4 is 5.32 Å². The van der Waals surface area contributed by atoms with Crippen LogP contribution in [0.15, 0.2) is 23.1 Å². The molecule has 0 unspecified atom stereocenters.